The van der Waals surface area contributed by atoms with Gasteiger partial charge in [0, 0.05) is 17.1 Å². The topological polar surface area (TPSA) is 55.4 Å². The second-order valence-corrected chi connectivity index (χ2v) is 6.04. The molecule has 20 heavy (non-hydrogen) atoms. The molecule has 1 aromatic carbocycles. The van der Waals surface area contributed by atoms with E-state index in [1.165, 1.54) is 0 Å². The van der Waals surface area contributed by atoms with Gasteiger partial charge in [0.15, 0.2) is 0 Å². The monoisotopic (exact) mass is 297 g/mol. The number of carbonyl (C=O) groups excluding carboxylic acids is 2. The highest BCUT2D eigenvalue weighted by Gasteiger charge is 2.16. The van der Waals surface area contributed by atoms with E-state index in [0.29, 0.717) is 23.6 Å². The fourth-order valence-electron chi connectivity index (χ4n) is 1.56. The van der Waals surface area contributed by atoms with E-state index in [1.54, 1.807) is 45.9 Å². The van der Waals surface area contributed by atoms with Crippen LogP contribution in [0.15, 0.2) is 18.2 Å². The van der Waals surface area contributed by atoms with Gasteiger partial charge in [-0.2, -0.15) is 0 Å². The summed E-state index contributed by atoms with van der Waals surface area (Å²) in [6.45, 7) is 6.94. The predicted molar refractivity (Wildman–Crippen MR) is 80.3 cm³/mol. The smallest absolute Gasteiger partial charge is 0.412 e. The van der Waals surface area contributed by atoms with Crippen LogP contribution >= 0.6 is 11.6 Å². The largest absolute Gasteiger partial charge is 0.444 e. The van der Waals surface area contributed by atoms with Crippen molar-refractivity contribution in [1.29, 1.82) is 0 Å². The molecule has 0 fully saturated rings. The number of carbonyl (C=O) groups is 2. The van der Waals surface area contributed by atoms with E-state index in [2.05, 4.69) is 5.32 Å². The minimum Gasteiger partial charge on any atom is -0.444 e. The molecule has 1 aromatic rings. The average Bonchev–Trinajstić information content (AvgIpc) is 2.24. The highest BCUT2D eigenvalue weighted by Crippen LogP contribution is 2.23. The van der Waals surface area contributed by atoms with Gasteiger partial charge in [-0.3, -0.25) is 5.32 Å². The highest BCUT2D eigenvalue weighted by molar-refractivity contribution is 6.31. The van der Waals surface area contributed by atoms with Crippen molar-refractivity contribution in [1.82, 2.24) is 0 Å². The van der Waals surface area contributed by atoms with Crippen LogP contribution in [0, 0.1) is 0 Å². The number of hydrogen-bond donors (Lipinski definition) is 1. The maximum atomic E-state index is 11.6. The Hall–Kier alpha value is -1.55. The van der Waals surface area contributed by atoms with Gasteiger partial charge in [0.25, 0.3) is 0 Å². The number of aryl methyl sites for hydroxylation is 1. The fraction of sp³-hybridized carbons (Fsp3) is 0.467. The van der Waals surface area contributed by atoms with Gasteiger partial charge in [-0.05, 0) is 51.8 Å². The molecular weight excluding hydrogens is 278 g/mol. The van der Waals surface area contributed by atoms with Gasteiger partial charge in [0.1, 0.15) is 11.4 Å². The number of halogens is 1. The second-order valence-electron chi connectivity index (χ2n) is 5.64. The van der Waals surface area contributed by atoms with Crippen LogP contribution in [0.4, 0.5) is 10.5 Å². The number of rotatable bonds is 4. The maximum Gasteiger partial charge on any atom is 0.412 e. The third kappa shape index (κ3) is 6.06. The Bertz CT molecular complexity index is 506. The SMILES string of the molecule is CC(=O)CCc1ccc(NC(=O)OC(C)(C)C)cc1Cl. The zero-order valence-electron chi connectivity index (χ0n) is 12.2. The molecule has 0 radical (unpaired) electrons. The highest BCUT2D eigenvalue weighted by atomic mass is 35.5. The zero-order chi connectivity index (χ0) is 15.3. The van der Waals surface area contributed by atoms with E-state index < -0.39 is 11.7 Å². The number of ketones is 1. The molecule has 0 aliphatic heterocycles. The molecule has 0 atom stereocenters. The standard InChI is InChI=1S/C15H20ClNO3/c1-10(18)5-6-11-7-8-12(9-13(11)16)17-14(19)20-15(2,3)4/h7-9H,5-6H2,1-4H3,(H,17,19). The lowest BCUT2D eigenvalue weighted by atomic mass is 10.1. The van der Waals surface area contributed by atoms with Gasteiger partial charge >= 0.3 is 6.09 Å². The molecular formula is C15H20ClNO3. The van der Waals surface area contributed by atoms with E-state index in [4.69, 9.17) is 16.3 Å². The van der Waals surface area contributed by atoms with Crippen LogP contribution in [0.2, 0.25) is 5.02 Å². The molecule has 110 valence electrons. The van der Waals surface area contributed by atoms with Crippen LogP contribution in [-0.2, 0) is 16.0 Å². The normalized spacial score (nSPS) is 11.1. The summed E-state index contributed by atoms with van der Waals surface area (Å²) in [7, 11) is 0. The Labute approximate surface area is 124 Å². The quantitative estimate of drug-likeness (QED) is 0.905. The first kappa shape index (κ1) is 16.5. The van der Waals surface area contributed by atoms with Crippen LogP contribution in [0.3, 0.4) is 0 Å². The van der Waals surface area contributed by atoms with Crippen LogP contribution in [0.5, 0.6) is 0 Å². The molecule has 0 saturated heterocycles. The zero-order valence-corrected chi connectivity index (χ0v) is 13.0. The number of Topliss-reactive ketones (excluding diaryl/α,β-unsaturated/α-hetero) is 1. The lowest BCUT2D eigenvalue weighted by Crippen LogP contribution is -2.27. The number of nitrogens with one attached hydrogen (secondary N) is 1. The summed E-state index contributed by atoms with van der Waals surface area (Å²) in [5.41, 5.74) is 0.905. The molecule has 1 amide bonds. The van der Waals surface area contributed by atoms with E-state index >= 15 is 0 Å². The Morgan fingerprint density at radius 2 is 1.95 bits per heavy atom. The molecule has 0 bridgehead atoms. The van der Waals surface area contributed by atoms with Crippen molar-refractivity contribution in [3.8, 4) is 0 Å². The molecule has 0 heterocycles. The second kappa shape index (κ2) is 6.75. The van der Waals surface area contributed by atoms with E-state index in [-0.39, 0.29) is 5.78 Å². The molecule has 1 N–H and O–H groups in total. The molecule has 0 unspecified atom stereocenters. The molecule has 4 nitrogen and oxygen atoms in total. The first-order chi connectivity index (χ1) is 9.17. The third-order valence-corrected chi connectivity index (χ3v) is 2.80. The number of anilines is 1. The summed E-state index contributed by atoms with van der Waals surface area (Å²) in [4.78, 5) is 22.6. The summed E-state index contributed by atoms with van der Waals surface area (Å²) in [6, 6.07) is 5.20. The van der Waals surface area contributed by atoms with Gasteiger partial charge in [-0.1, -0.05) is 17.7 Å². The molecule has 0 aliphatic carbocycles. The van der Waals surface area contributed by atoms with Gasteiger partial charge in [0.05, 0.1) is 0 Å². The first-order valence-electron chi connectivity index (χ1n) is 6.45. The molecule has 0 saturated carbocycles. The van der Waals surface area contributed by atoms with Crippen molar-refractivity contribution in [3.63, 3.8) is 0 Å². The fourth-order valence-corrected chi connectivity index (χ4v) is 1.84. The lowest BCUT2D eigenvalue weighted by molar-refractivity contribution is -0.116. The minimum atomic E-state index is -0.546. The number of hydrogen-bond acceptors (Lipinski definition) is 3. The summed E-state index contributed by atoms with van der Waals surface area (Å²) in [5, 5.41) is 3.15. The van der Waals surface area contributed by atoms with Gasteiger partial charge in [0.2, 0.25) is 0 Å². The van der Waals surface area contributed by atoms with Crippen molar-refractivity contribution in [2.45, 2.75) is 46.1 Å². The van der Waals surface area contributed by atoms with Gasteiger partial charge < -0.3 is 9.53 Å². The summed E-state index contributed by atoms with van der Waals surface area (Å²) < 4.78 is 5.15. The minimum absolute atomic E-state index is 0.122. The molecule has 1 rings (SSSR count). The molecule has 0 aliphatic rings. The lowest BCUT2D eigenvalue weighted by Gasteiger charge is -2.19. The van der Waals surface area contributed by atoms with Crippen LogP contribution in [0.25, 0.3) is 0 Å². The third-order valence-electron chi connectivity index (χ3n) is 2.44. The van der Waals surface area contributed by atoms with Crippen molar-refractivity contribution in [3.05, 3.63) is 28.8 Å². The van der Waals surface area contributed by atoms with Gasteiger partial charge in [-0.15, -0.1) is 0 Å². The van der Waals surface area contributed by atoms with Crippen molar-refractivity contribution >= 4 is 29.2 Å². The Morgan fingerprint density at radius 1 is 1.30 bits per heavy atom. The van der Waals surface area contributed by atoms with Crippen molar-refractivity contribution in [2.24, 2.45) is 0 Å². The first-order valence-corrected chi connectivity index (χ1v) is 6.83. The van der Waals surface area contributed by atoms with Gasteiger partial charge in [-0.25, -0.2) is 4.79 Å². The summed E-state index contributed by atoms with van der Waals surface area (Å²) in [6.07, 6.45) is 0.532. The van der Waals surface area contributed by atoms with E-state index in [1.807, 2.05) is 0 Å². The number of ether oxygens (including phenoxy) is 1. The number of amides is 1. The molecule has 0 aromatic heterocycles. The average molecular weight is 298 g/mol. The van der Waals surface area contributed by atoms with Crippen LogP contribution in [-0.4, -0.2) is 17.5 Å². The van der Waals surface area contributed by atoms with E-state index in [9.17, 15) is 9.59 Å². The van der Waals surface area contributed by atoms with E-state index in [0.717, 1.165) is 5.56 Å². The Morgan fingerprint density at radius 3 is 2.45 bits per heavy atom. The predicted octanol–water partition coefficient (Wildman–Crippen LogP) is 4.21. The number of benzene rings is 1. The Balaban J connectivity index is 2.67. The van der Waals surface area contributed by atoms with Crippen LogP contribution < -0.4 is 5.32 Å². The van der Waals surface area contributed by atoms with Crippen molar-refractivity contribution in [2.75, 3.05) is 5.32 Å². The Kier molecular flexibility index (Phi) is 5.57. The maximum absolute atomic E-state index is 11.6. The summed E-state index contributed by atoms with van der Waals surface area (Å²) in [5.74, 6) is 0.122. The van der Waals surface area contributed by atoms with Crippen molar-refractivity contribution < 1.29 is 14.3 Å². The molecule has 5 heteroatoms. The summed E-state index contributed by atoms with van der Waals surface area (Å²) >= 11 is 6.13. The van der Waals surface area contributed by atoms with Crippen LogP contribution in [0.1, 0.15) is 39.7 Å². The molecule has 0 spiro atoms.